The number of amides is 1. The smallest absolute Gasteiger partial charge is 0.271 e. The molecule has 1 heterocycles. The van der Waals surface area contributed by atoms with E-state index in [-0.39, 0.29) is 24.3 Å². The Labute approximate surface area is 124 Å². The van der Waals surface area contributed by atoms with E-state index in [0.29, 0.717) is 25.1 Å². The van der Waals surface area contributed by atoms with Gasteiger partial charge in [-0.15, -0.1) is 0 Å². The van der Waals surface area contributed by atoms with Crippen LogP contribution in [0.25, 0.3) is 0 Å². The van der Waals surface area contributed by atoms with Gasteiger partial charge in [-0.2, -0.15) is 0 Å². The lowest BCUT2D eigenvalue weighted by molar-refractivity contribution is 0.0285. The molecule has 1 amide bonds. The number of aliphatic hydroxyl groups is 1. The number of aliphatic hydroxyl groups excluding tert-OH is 1. The molecule has 0 aromatic carbocycles. The molecule has 0 saturated carbocycles. The molecule has 0 fully saturated rings. The van der Waals surface area contributed by atoms with Crippen molar-refractivity contribution in [2.45, 2.75) is 12.5 Å². The SMILES string of the molecule is COCC(CNC(=O)c1ncccc1C#CCCO)OC. The van der Waals surface area contributed by atoms with Crippen LogP contribution in [0.2, 0.25) is 0 Å². The minimum Gasteiger partial charge on any atom is -0.395 e. The molecular weight excluding hydrogens is 272 g/mol. The van der Waals surface area contributed by atoms with Crippen LogP contribution in [0, 0.1) is 11.8 Å². The highest BCUT2D eigenvalue weighted by molar-refractivity contribution is 5.94. The Morgan fingerprint density at radius 1 is 1.52 bits per heavy atom. The number of nitrogens with zero attached hydrogens (tertiary/aromatic N) is 1. The standard InChI is InChI=1S/C15H20N2O4/c1-20-11-13(21-2)10-17-15(19)14-12(6-3-4-9-18)7-5-8-16-14/h5,7-8,13,18H,4,9-11H2,1-2H3,(H,17,19). The van der Waals surface area contributed by atoms with Gasteiger partial charge in [-0.25, -0.2) is 4.98 Å². The van der Waals surface area contributed by atoms with Crippen LogP contribution in [0.15, 0.2) is 18.3 Å². The maximum atomic E-state index is 12.1. The predicted octanol–water partition coefficient (Wildman–Crippen LogP) is 0.207. The number of nitrogens with one attached hydrogen (secondary N) is 1. The summed E-state index contributed by atoms with van der Waals surface area (Å²) in [6.07, 6.45) is 1.68. The average Bonchev–Trinajstić information content (AvgIpc) is 2.52. The van der Waals surface area contributed by atoms with Crippen molar-refractivity contribution in [1.29, 1.82) is 0 Å². The highest BCUT2D eigenvalue weighted by Crippen LogP contribution is 2.04. The Kier molecular flexibility index (Phi) is 8.05. The van der Waals surface area contributed by atoms with Crippen molar-refractivity contribution in [3.8, 4) is 11.8 Å². The van der Waals surface area contributed by atoms with E-state index >= 15 is 0 Å². The van der Waals surface area contributed by atoms with Gasteiger partial charge < -0.3 is 19.9 Å². The average molecular weight is 292 g/mol. The Hall–Kier alpha value is -1.94. The van der Waals surface area contributed by atoms with Gasteiger partial charge in [0.2, 0.25) is 0 Å². The highest BCUT2D eigenvalue weighted by Gasteiger charge is 2.14. The number of rotatable bonds is 7. The summed E-state index contributed by atoms with van der Waals surface area (Å²) in [7, 11) is 3.13. The first kappa shape index (κ1) is 17.1. The van der Waals surface area contributed by atoms with Crippen molar-refractivity contribution in [1.82, 2.24) is 10.3 Å². The predicted molar refractivity (Wildman–Crippen MR) is 77.8 cm³/mol. The largest absolute Gasteiger partial charge is 0.395 e. The number of methoxy groups -OCH3 is 2. The molecule has 1 atom stereocenters. The van der Waals surface area contributed by atoms with E-state index in [2.05, 4.69) is 22.1 Å². The van der Waals surface area contributed by atoms with Crippen molar-refractivity contribution in [3.05, 3.63) is 29.6 Å². The number of hydrogen-bond donors (Lipinski definition) is 2. The van der Waals surface area contributed by atoms with Gasteiger partial charge in [0, 0.05) is 33.4 Å². The number of carbonyl (C=O) groups excluding carboxylic acids is 1. The fraction of sp³-hybridized carbons (Fsp3) is 0.467. The monoisotopic (exact) mass is 292 g/mol. The van der Waals surface area contributed by atoms with Gasteiger partial charge in [-0.05, 0) is 12.1 Å². The van der Waals surface area contributed by atoms with E-state index in [0.717, 1.165) is 0 Å². The molecule has 1 aromatic rings. The van der Waals surface area contributed by atoms with Crippen LogP contribution >= 0.6 is 0 Å². The molecule has 21 heavy (non-hydrogen) atoms. The highest BCUT2D eigenvalue weighted by atomic mass is 16.5. The lowest BCUT2D eigenvalue weighted by Crippen LogP contribution is -2.36. The van der Waals surface area contributed by atoms with Crippen LogP contribution < -0.4 is 5.32 Å². The van der Waals surface area contributed by atoms with Gasteiger partial charge in [0.1, 0.15) is 5.69 Å². The molecule has 114 valence electrons. The van der Waals surface area contributed by atoms with Gasteiger partial charge in [0.05, 0.1) is 24.9 Å². The summed E-state index contributed by atoms with van der Waals surface area (Å²) in [4.78, 5) is 16.2. The zero-order valence-electron chi connectivity index (χ0n) is 12.3. The molecule has 0 aliphatic heterocycles. The van der Waals surface area contributed by atoms with E-state index < -0.39 is 0 Å². The molecule has 0 aliphatic carbocycles. The lowest BCUT2D eigenvalue weighted by atomic mass is 10.2. The quantitative estimate of drug-likeness (QED) is 0.702. The molecule has 0 aliphatic rings. The van der Waals surface area contributed by atoms with Gasteiger partial charge in [0.25, 0.3) is 5.91 Å². The first-order chi connectivity index (χ1) is 10.2. The first-order valence-electron chi connectivity index (χ1n) is 6.57. The summed E-state index contributed by atoms with van der Waals surface area (Å²) in [6.45, 7) is 0.701. The van der Waals surface area contributed by atoms with Crippen LogP contribution in [0.4, 0.5) is 0 Å². The third kappa shape index (κ3) is 5.92. The van der Waals surface area contributed by atoms with Crippen LogP contribution in [0.3, 0.4) is 0 Å². The molecule has 0 saturated heterocycles. The molecule has 0 spiro atoms. The molecule has 0 bridgehead atoms. The van der Waals surface area contributed by atoms with Gasteiger partial charge in [-0.3, -0.25) is 4.79 Å². The number of aromatic nitrogens is 1. The summed E-state index contributed by atoms with van der Waals surface area (Å²) in [5, 5.41) is 11.5. The Morgan fingerprint density at radius 3 is 3.00 bits per heavy atom. The van der Waals surface area contributed by atoms with Crippen molar-refractivity contribution >= 4 is 5.91 Å². The zero-order chi connectivity index (χ0) is 15.5. The van der Waals surface area contributed by atoms with Gasteiger partial charge in [-0.1, -0.05) is 11.8 Å². The molecule has 1 aromatic heterocycles. The second kappa shape index (κ2) is 9.88. The number of carbonyl (C=O) groups is 1. The summed E-state index contributed by atoms with van der Waals surface area (Å²) in [6, 6.07) is 3.43. The van der Waals surface area contributed by atoms with Crippen LogP contribution in [-0.4, -0.2) is 56.1 Å². The third-order valence-electron chi connectivity index (χ3n) is 2.66. The van der Waals surface area contributed by atoms with Crippen molar-refractivity contribution in [2.24, 2.45) is 0 Å². The fourth-order valence-corrected chi connectivity index (χ4v) is 1.59. The van der Waals surface area contributed by atoms with E-state index in [1.54, 1.807) is 26.4 Å². The Bertz CT molecular complexity index is 508. The summed E-state index contributed by atoms with van der Waals surface area (Å²) in [5.74, 6) is 5.29. The molecule has 6 nitrogen and oxygen atoms in total. The molecule has 0 radical (unpaired) electrons. The fourth-order valence-electron chi connectivity index (χ4n) is 1.59. The van der Waals surface area contributed by atoms with Crippen LogP contribution in [0.1, 0.15) is 22.5 Å². The molecule has 1 unspecified atom stereocenters. The van der Waals surface area contributed by atoms with E-state index in [1.165, 1.54) is 6.20 Å². The lowest BCUT2D eigenvalue weighted by Gasteiger charge is -2.15. The zero-order valence-corrected chi connectivity index (χ0v) is 12.3. The van der Waals surface area contributed by atoms with E-state index in [1.807, 2.05) is 0 Å². The van der Waals surface area contributed by atoms with E-state index in [4.69, 9.17) is 14.6 Å². The number of hydrogen-bond acceptors (Lipinski definition) is 5. The first-order valence-corrected chi connectivity index (χ1v) is 6.57. The van der Waals surface area contributed by atoms with Crippen LogP contribution in [0.5, 0.6) is 0 Å². The summed E-state index contributed by atoms with van der Waals surface area (Å²) in [5.41, 5.74) is 0.791. The molecule has 6 heteroatoms. The minimum absolute atomic E-state index is 0.0126. The number of pyridine rings is 1. The summed E-state index contributed by atoms with van der Waals surface area (Å²) >= 11 is 0. The third-order valence-corrected chi connectivity index (χ3v) is 2.66. The Morgan fingerprint density at radius 2 is 2.33 bits per heavy atom. The van der Waals surface area contributed by atoms with Crippen molar-refractivity contribution in [3.63, 3.8) is 0 Å². The summed E-state index contributed by atoms with van der Waals surface area (Å²) < 4.78 is 10.2. The van der Waals surface area contributed by atoms with Gasteiger partial charge in [0.15, 0.2) is 0 Å². The van der Waals surface area contributed by atoms with E-state index in [9.17, 15) is 4.79 Å². The minimum atomic E-state index is -0.318. The second-order valence-electron chi connectivity index (χ2n) is 4.20. The number of ether oxygens (including phenoxy) is 2. The molecule has 1 rings (SSSR count). The van der Waals surface area contributed by atoms with Crippen molar-refractivity contribution < 1.29 is 19.4 Å². The second-order valence-corrected chi connectivity index (χ2v) is 4.20. The normalized spacial score (nSPS) is 11.4. The van der Waals surface area contributed by atoms with Crippen molar-refractivity contribution in [2.75, 3.05) is 34.0 Å². The Balaban J connectivity index is 2.72. The van der Waals surface area contributed by atoms with Crippen LogP contribution in [-0.2, 0) is 9.47 Å². The maximum absolute atomic E-state index is 12.1. The molecular formula is C15H20N2O4. The molecule has 2 N–H and O–H groups in total. The van der Waals surface area contributed by atoms with Gasteiger partial charge >= 0.3 is 0 Å². The maximum Gasteiger partial charge on any atom is 0.271 e. The topological polar surface area (TPSA) is 80.7 Å².